The van der Waals surface area contributed by atoms with Crippen LogP contribution in [0.25, 0.3) is 11.7 Å². The molecule has 3 aromatic rings. The minimum Gasteiger partial charge on any atom is -0.456 e. The predicted molar refractivity (Wildman–Crippen MR) is 115 cm³/mol. The van der Waals surface area contributed by atoms with E-state index >= 15 is 0 Å². The Kier molecular flexibility index (Phi) is 5.03. The minimum absolute atomic E-state index is 0.252. The van der Waals surface area contributed by atoms with Crippen molar-refractivity contribution in [1.29, 1.82) is 0 Å². The average molecular weight is 407 g/mol. The first-order valence-corrected chi connectivity index (χ1v) is 11.1. The molecular weight excluding hydrogens is 376 g/mol. The molecule has 3 heterocycles. The lowest BCUT2D eigenvalue weighted by Gasteiger charge is -2.52. The number of aryl methyl sites for hydroxylation is 2. The number of hydrogen-bond donors (Lipinski definition) is 1. The van der Waals surface area contributed by atoms with Crippen molar-refractivity contribution in [3.05, 3.63) is 65.2 Å². The fraction of sp³-hybridized carbons (Fsp3) is 0.480. The molecule has 1 aromatic carbocycles. The smallest absolute Gasteiger partial charge is 0.263 e. The lowest BCUT2D eigenvalue weighted by Crippen LogP contribution is -2.57. The number of aromatic nitrogens is 1. The second-order valence-electron chi connectivity index (χ2n) is 8.90. The maximum absolute atomic E-state index is 11.8. The zero-order chi connectivity index (χ0) is 20.7. The van der Waals surface area contributed by atoms with Gasteiger partial charge in [-0.05, 0) is 50.8 Å². The van der Waals surface area contributed by atoms with Gasteiger partial charge >= 0.3 is 0 Å². The Labute approximate surface area is 177 Å². The van der Waals surface area contributed by atoms with Gasteiger partial charge in [0.15, 0.2) is 5.76 Å². The van der Waals surface area contributed by atoms with Gasteiger partial charge in [0.25, 0.3) is 5.89 Å². The van der Waals surface area contributed by atoms with Crippen LogP contribution in [-0.2, 0) is 12.1 Å². The van der Waals surface area contributed by atoms with Crippen LogP contribution in [0.2, 0.25) is 0 Å². The molecule has 5 nitrogen and oxygen atoms in total. The lowest BCUT2D eigenvalue weighted by atomic mass is 9.66. The molecule has 1 aliphatic carbocycles. The highest BCUT2D eigenvalue weighted by Crippen LogP contribution is 2.47. The molecule has 0 radical (unpaired) electrons. The van der Waals surface area contributed by atoms with E-state index in [1.54, 1.807) is 0 Å². The third-order valence-electron chi connectivity index (χ3n) is 7.06. The van der Waals surface area contributed by atoms with Crippen molar-refractivity contribution >= 4 is 0 Å². The zero-order valence-electron chi connectivity index (χ0n) is 17.8. The molecule has 158 valence electrons. The normalized spacial score (nSPS) is 27.2. The Hall–Kier alpha value is -2.37. The van der Waals surface area contributed by atoms with Gasteiger partial charge in [0.1, 0.15) is 11.5 Å². The fourth-order valence-electron chi connectivity index (χ4n) is 5.47. The Bertz CT molecular complexity index is 1010. The van der Waals surface area contributed by atoms with Gasteiger partial charge in [-0.2, -0.15) is 0 Å². The summed E-state index contributed by atoms with van der Waals surface area (Å²) in [5.41, 5.74) is 1.29. The molecule has 2 fully saturated rings. The van der Waals surface area contributed by atoms with E-state index in [4.69, 9.17) is 13.8 Å². The number of fused-ring (bicyclic) bond motifs is 1. The van der Waals surface area contributed by atoms with Crippen molar-refractivity contribution in [3.63, 3.8) is 0 Å². The van der Waals surface area contributed by atoms with Crippen LogP contribution in [0.15, 0.2) is 51.3 Å². The van der Waals surface area contributed by atoms with Gasteiger partial charge < -0.3 is 13.9 Å². The van der Waals surface area contributed by atoms with E-state index in [0.29, 0.717) is 17.7 Å². The summed E-state index contributed by atoms with van der Waals surface area (Å²) >= 11 is 0. The molecule has 0 amide bonds. The van der Waals surface area contributed by atoms with Crippen LogP contribution in [-0.4, -0.2) is 27.6 Å². The maximum Gasteiger partial charge on any atom is 0.263 e. The molecule has 2 aromatic heterocycles. The average Bonchev–Trinajstić information content (AvgIpc) is 3.36. The van der Waals surface area contributed by atoms with Gasteiger partial charge in [-0.15, -0.1) is 0 Å². The van der Waals surface area contributed by atoms with E-state index in [1.807, 2.05) is 44.2 Å². The van der Waals surface area contributed by atoms with Crippen molar-refractivity contribution in [2.24, 2.45) is 5.92 Å². The number of piperidine rings is 1. The van der Waals surface area contributed by atoms with Crippen molar-refractivity contribution in [3.8, 4) is 11.7 Å². The van der Waals surface area contributed by atoms with E-state index in [9.17, 15) is 5.11 Å². The summed E-state index contributed by atoms with van der Waals surface area (Å²) < 4.78 is 11.6. The minimum atomic E-state index is -0.738. The summed E-state index contributed by atoms with van der Waals surface area (Å²) in [7, 11) is 0. The Morgan fingerprint density at radius 2 is 1.87 bits per heavy atom. The monoisotopic (exact) mass is 406 g/mol. The highest BCUT2D eigenvalue weighted by atomic mass is 16.4. The van der Waals surface area contributed by atoms with E-state index < -0.39 is 5.60 Å². The van der Waals surface area contributed by atoms with E-state index in [-0.39, 0.29) is 5.92 Å². The molecule has 1 aliphatic heterocycles. The summed E-state index contributed by atoms with van der Waals surface area (Å²) in [5, 5.41) is 11.8. The fourth-order valence-corrected chi connectivity index (χ4v) is 5.47. The highest BCUT2D eigenvalue weighted by molar-refractivity contribution is 5.45. The summed E-state index contributed by atoms with van der Waals surface area (Å²) in [6.07, 6.45) is 5.36. The van der Waals surface area contributed by atoms with Gasteiger partial charge in [0, 0.05) is 25.0 Å². The molecule has 1 saturated carbocycles. The number of aliphatic hydroxyl groups is 1. The Balaban J connectivity index is 1.40. The number of nitrogens with zero attached hydrogens (tertiary/aromatic N) is 2. The first-order chi connectivity index (χ1) is 14.5. The Morgan fingerprint density at radius 3 is 2.63 bits per heavy atom. The van der Waals surface area contributed by atoms with Crippen molar-refractivity contribution < 1.29 is 13.9 Å². The molecule has 3 atom stereocenters. The van der Waals surface area contributed by atoms with Crippen molar-refractivity contribution in [2.45, 2.75) is 64.1 Å². The molecule has 1 N–H and O–H groups in total. The van der Waals surface area contributed by atoms with Crippen LogP contribution in [0.3, 0.4) is 0 Å². The van der Waals surface area contributed by atoms with Crippen LogP contribution in [0, 0.1) is 19.8 Å². The standard InChI is InChI=1S/C25H30N2O3/c1-17-12-13-23(29-17)24-26-21(18(2)30-24)16-27-15-14-25(28,19-8-4-3-5-9-19)20-10-6-7-11-22(20)27/h3-5,8-9,12-13,20,22,28H,6-7,10-11,14-16H2,1-2H3/t20-,22-,25+/m1/s1. The summed E-state index contributed by atoms with van der Waals surface area (Å²) in [5.74, 6) is 3.17. The second-order valence-corrected chi connectivity index (χ2v) is 8.90. The SMILES string of the molecule is Cc1ccc(-c2nc(CN3CC[C@](O)(c4ccccc4)[C@@H]4CCCC[C@H]43)c(C)o2)o1. The zero-order valence-corrected chi connectivity index (χ0v) is 17.8. The number of oxazole rings is 1. The molecule has 30 heavy (non-hydrogen) atoms. The molecule has 5 heteroatoms. The van der Waals surface area contributed by atoms with Gasteiger partial charge in [0.2, 0.25) is 0 Å². The number of likely N-dealkylation sites (tertiary alicyclic amines) is 1. The number of rotatable bonds is 4. The predicted octanol–water partition coefficient (Wildman–Crippen LogP) is 5.20. The maximum atomic E-state index is 11.8. The molecule has 2 aliphatic rings. The quantitative estimate of drug-likeness (QED) is 0.645. The van der Waals surface area contributed by atoms with Crippen LogP contribution in [0.1, 0.15) is 54.9 Å². The van der Waals surface area contributed by atoms with Crippen LogP contribution in [0.4, 0.5) is 0 Å². The second kappa shape index (κ2) is 7.71. The van der Waals surface area contributed by atoms with Crippen LogP contribution >= 0.6 is 0 Å². The Morgan fingerprint density at radius 1 is 1.07 bits per heavy atom. The number of benzene rings is 1. The van der Waals surface area contributed by atoms with Crippen molar-refractivity contribution in [1.82, 2.24) is 9.88 Å². The molecule has 0 bridgehead atoms. The largest absolute Gasteiger partial charge is 0.456 e. The number of hydrogen-bond acceptors (Lipinski definition) is 5. The summed E-state index contributed by atoms with van der Waals surface area (Å²) in [6.45, 7) is 5.50. The topological polar surface area (TPSA) is 62.6 Å². The van der Waals surface area contributed by atoms with Gasteiger partial charge in [-0.1, -0.05) is 43.2 Å². The van der Waals surface area contributed by atoms with Crippen LogP contribution in [0.5, 0.6) is 0 Å². The molecule has 0 spiro atoms. The van der Waals surface area contributed by atoms with E-state index in [2.05, 4.69) is 17.0 Å². The third kappa shape index (κ3) is 3.40. The van der Waals surface area contributed by atoms with Crippen molar-refractivity contribution in [2.75, 3.05) is 6.54 Å². The number of furan rings is 1. The third-order valence-corrected chi connectivity index (χ3v) is 7.06. The molecule has 5 rings (SSSR count). The van der Waals surface area contributed by atoms with Crippen LogP contribution < -0.4 is 0 Å². The van der Waals surface area contributed by atoms with Gasteiger partial charge in [0.05, 0.1) is 11.3 Å². The van der Waals surface area contributed by atoms with E-state index in [0.717, 1.165) is 55.1 Å². The summed E-state index contributed by atoms with van der Waals surface area (Å²) in [4.78, 5) is 7.27. The van der Waals surface area contributed by atoms with Gasteiger partial charge in [-0.25, -0.2) is 4.98 Å². The highest BCUT2D eigenvalue weighted by Gasteiger charge is 2.49. The van der Waals surface area contributed by atoms with E-state index in [1.165, 1.54) is 12.8 Å². The van der Waals surface area contributed by atoms with Gasteiger partial charge in [-0.3, -0.25) is 4.90 Å². The first kappa shape index (κ1) is 19.6. The molecular formula is C25H30N2O3. The lowest BCUT2D eigenvalue weighted by molar-refractivity contribution is -0.123. The molecule has 0 unspecified atom stereocenters. The summed E-state index contributed by atoms with van der Waals surface area (Å²) in [6, 6.07) is 14.5. The first-order valence-electron chi connectivity index (χ1n) is 11.1. The molecule has 1 saturated heterocycles.